The van der Waals surface area contributed by atoms with E-state index in [1.54, 1.807) is 44.6 Å². The highest BCUT2D eigenvalue weighted by molar-refractivity contribution is 6.08. The number of aromatic amines is 1. The first kappa shape index (κ1) is 16.9. The molecule has 2 N–H and O–H groups in total. The molecular formula is C19H18N2O6. The third-order valence-corrected chi connectivity index (χ3v) is 4.32. The van der Waals surface area contributed by atoms with E-state index in [0.717, 1.165) is 0 Å². The maximum Gasteiger partial charge on any atom is 0.272 e. The lowest BCUT2D eigenvalue weighted by atomic mass is 10.2. The lowest BCUT2D eigenvalue weighted by molar-refractivity contribution is 0.102. The van der Waals surface area contributed by atoms with Crippen molar-refractivity contribution in [3.63, 3.8) is 0 Å². The maximum atomic E-state index is 12.7. The van der Waals surface area contributed by atoms with Crippen molar-refractivity contribution < 1.29 is 28.5 Å². The number of rotatable bonds is 5. The van der Waals surface area contributed by atoms with Gasteiger partial charge in [0.05, 0.1) is 26.8 Å². The van der Waals surface area contributed by atoms with Gasteiger partial charge in [-0.2, -0.15) is 0 Å². The predicted molar refractivity (Wildman–Crippen MR) is 98.5 cm³/mol. The molecule has 140 valence electrons. The molecule has 0 aliphatic carbocycles. The summed E-state index contributed by atoms with van der Waals surface area (Å²) in [6, 6.07) is 8.64. The van der Waals surface area contributed by atoms with Crippen LogP contribution in [0, 0.1) is 0 Å². The van der Waals surface area contributed by atoms with Gasteiger partial charge in [-0.05, 0) is 18.2 Å². The molecule has 2 aromatic carbocycles. The number of nitrogens with one attached hydrogen (secondary N) is 2. The first-order valence-corrected chi connectivity index (χ1v) is 8.17. The number of hydrogen-bond acceptors (Lipinski definition) is 6. The van der Waals surface area contributed by atoms with E-state index in [-0.39, 0.29) is 12.7 Å². The highest BCUT2D eigenvalue weighted by Gasteiger charge is 2.20. The molecule has 0 radical (unpaired) electrons. The monoisotopic (exact) mass is 370 g/mol. The molecular weight excluding hydrogens is 352 g/mol. The summed E-state index contributed by atoms with van der Waals surface area (Å²) in [4.78, 5) is 15.8. The SMILES string of the molecule is COc1cc(OC)c2cc(C(=O)Nc3ccc4c(c3)OCO4)[nH]c2c1OC. The summed E-state index contributed by atoms with van der Waals surface area (Å²) in [5.74, 6) is 2.51. The van der Waals surface area contributed by atoms with E-state index in [9.17, 15) is 4.79 Å². The third-order valence-electron chi connectivity index (χ3n) is 4.32. The fourth-order valence-corrected chi connectivity index (χ4v) is 3.03. The van der Waals surface area contributed by atoms with Gasteiger partial charge < -0.3 is 34.0 Å². The zero-order chi connectivity index (χ0) is 19.0. The Labute approximate surface area is 154 Å². The van der Waals surface area contributed by atoms with Gasteiger partial charge in [0.1, 0.15) is 11.4 Å². The average Bonchev–Trinajstić information content (AvgIpc) is 3.33. The van der Waals surface area contributed by atoms with Gasteiger partial charge in [0.2, 0.25) is 6.79 Å². The molecule has 0 fully saturated rings. The number of methoxy groups -OCH3 is 3. The van der Waals surface area contributed by atoms with Crippen LogP contribution < -0.4 is 29.0 Å². The Balaban J connectivity index is 1.70. The fraction of sp³-hybridized carbons (Fsp3) is 0.211. The van der Waals surface area contributed by atoms with Crippen LogP contribution in [0.25, 0.3) is 10.9 Å². The summed E-state index contributed by atoms with van der Waals surface area (Å²) in [5, 5.41) is 3.55. The van der Waals surface area contributed by atoms with Crippen LogP contribution in [-0.4, -0.2) is 39.0 Å². The Bertz CT molecular complexity index is 1030. The summed E-state index contributed by atoms with van der Waals surface area (Å²) in [6.07, 6.45) is 0. The Morgan fingerprint density at radius 1 is 1.00 bits per heavy atom. The molecule has 3 aromatic rings. The Morgan fingerprint density at radius 3 is 2.52 bits per heavy atom. The van der Waals surface area contributed by atoms with E-state index >= 15 is 0 Å². The minimum Gasteiger partial charge on any atom is -0.496 e. The van der Waals surface area contributed by atoms with Crippen molar-refractivity contribution in [1.82, 2.24) is 4.98 Å². The molecule has 1 aromatic heterocycles. The molecule has 1 aliphatic heterocycles. The number of carbonyl (C=O) groups is 1. The number of amides is 1. The second kappa shape index (κ2) is 6.64. The first-order chi connectivity index (χ1) is 13.1. The van der Waals surface area contributed by atoms with E-state index in [2.05, 4.69) is 10.3 Å². The lowest BCUT2D eigenvalue weighted by Gasteiger charge is -2.11. The van der Waals surface area contributed by atoms with E-state index < -0.39 is 0 Å². The van der Waals surface area contributed by atoms with E-state index in [1.165, 1.54) is 7.11 Å². The van der Waals surface area contributed by atoms with Crippen LogP contribution in [-0.2, 0) is 0 Å². The molecule has 0 atom stereocenters. The van der Waals surface area contributed by atoms with Crippen LogP contribution in [0.3, 0.4) is 0 Å². The molecule has 8 heteroatoms. The topological polar surface area (TPSA) is 91.0 Å². The number of aromatic nitrogens is 1. The number of H-pyrrole nitrogens is 1. The van der Waals surface area contributed by atoms with Crippen molar-refractivity contribution in [2.24, 2.45) is 0 Å². The molecule has 0 bridgehead atoms. The van der Waals surface area contributed by atoms with Gasteiger partial charge in [0.25, 0.3) is 5.91 Å². The van der Waals surface area contributed by atoms with Gasteiger partial charge in [-0.1, -0.05) is 0 Å². The van der Waals surface area contributed by atoms with Gasteiger partial charge in [-0.3, -0.25) is 4.79 Å². The first-order valence-electron chi connectivity index (χ1n) is 8.17. The molecule has 4 rings (SSSR count). The van der Waals surface area contributed by atoms with Crippen molar-refractivity contribution in [3.8, 4) is 28.7 Å². The minimum absolute atomic E-state index is 0.177. The van der Waals surface area contributed by atoms with Crippen molar-refractivity contribution in [3.05, 3.63) is 36.0 Å². The molecule has 0 saturated heterocycles. The van der Waals surface area contributed by atoms with Crippen LogP contribution in [0.5, 0.6) is 28.7 Å². The number of fused-ring (bicyclic) bond motifs is 2. The summed E-state index contributed by atoms with van der Waals surface area (Å²) in [5.41, 5.74) is 1.57. The van der Waals surface area contributed by atoms with Crippen LogP contribution in [0.2, 0.25) is 0 Å². The normalized spacial score (nSPS) is 12.1. The van der Waals surface area contributed by atoms with E-state index in [4.69, 9.17) is 23.7 Å². The summed E-state index contributed by atoms with van der Waals surface area (Å²) in [6.45, 7) is 0.177. The van der Waals surface area contributed by atoms with E-state index in [0.29, 0.717) is 51.0 Å². The van der Waals surface area contributed by atoms with Gasteiger partial charge in [-0.25, -0.2) is 0 Å². The summed E-state index contributed by atoms with van der Waals surface area (Å²) in [7, 11) is 4.64. The van der Waals surface area contributed by atoms with Crippen LogP contribution >= 0.6 is 0 Å². The number of hydrogen-bond donors (Lipinski definition) is 2. The van der Waals surface area contributed by atoms with Crippen LogP contribution in [0.1, 0.15) is 10.5 Å². The largest absolute Gasteiger partial charge is 0.496 e. The molecule has 27 heavy (non-hydrogen) atoms. The second-order valence-corrected chi connectivity index (χ2v) is 5.81. The average molecular weight is 370 g/mol. The smallest absolute Gasteiger partial charge is 0.272 e. The highest BCUT2D eigenvalue weighted by Crippen LogP contribution is 2.41. The summed E-state index contributed by atoms with van der Waals surface area (Å²) >= 11 is 0. The zero-order valence-corrected chi connectivity index (χ0v) is 15.0. The Morgan fingerprint density at radius 2 is 1.78 bits per heavy atom. The van der Waals surface area contributed by atoms with Gasteiger partial charge in [0.15, 0.2) is 23.0 Å². The molecule has 1 amide bonds. The van der Waals surface area contributed by atoms with Gasteiger partial charge in [0, 0.05) is 23.2 Å². The van der Waals surface area contributed by atoms with Crippen molar-refractivity contribution in [2.75, 3.05) is 33.4 Å². The molecule has 0 saturated carbocycles. The standard InChI is InChI=1S/C19H18N2O6/c1-23-14-8-16(24-2)18(25-3)17-11(14)7-12(21-17)19(22)20-10-4-5-13-15(6-10)27-9-26-13/h4-8,21H,9H2,1-3H3,(H,20,22). The van der Waals surface area contributed by atoms with Crippen LogP contribution in [0.4, 0.5) is 5.69 Å². The number of anilines is 1. The van der Waals surface area contributed by atoms with Crippen molar-refractivity contribution in [2.45, 2.75) is 0 Å². The number of benzene rings is 2. The maximum absolute atomic E-state index is 12.7. The number of carbonyl (C=O) groups excluding carboxylic acids is 1. The van der Waals surface area contributed by atoms with Crippen molar-refractivity contribution in [1.29, 1.82) is 0 Å². The second-order valence-electron chi connectivity index (χ2n) is 5.81. The van der Waals surface area contributed by atoms with Gasteiger partial charge in [-0.15, -0.1) is 0 Å². The van der Waals surface area contributed by atoms with Gasteiger partial charge >= 0.3 is 0 Å². The zero-order valence-electron chi connectivity index (χ0n) is 15.0. The fourth-order valence-electron chi connectivity index (χ4n) is 3.03. The molecule has 1 aliphatic rings. The van der Waals surface area contributed by atoms with Crippen LogP contribution in [0.15, 0.2) is 30.3 Å². The lowest BCUT2D eigenvalue weighted by Crippen LogP contribution is -2.12. The number of ether oxygens (including phenoxy) is 5. The quantitative estimate of drug-likeness (QED) is 0.717. The Hall–Kier alpha value is -3.55. The minimum atomic E-state index is -0.312. The highest BCUT2D eigenvalue weighted by atomic mass is 16.7. The molecule has 8 nitrogen and oxygen atoms in total. The molecule has 2 heterocycles. The Kier molecular flexibility index (Phi) is 4.15. The van der Waals surface area contributed by atoms with E-state index in [1.807, 2.05) is 0 Å². The third kappa shape index (κ3) is 2.84. The van der Waals surface area contributed by atoms with Crippen molar-refractivity contribution >= 4 is 22.5 Å². The summed E-state index contributed by atoms with van der Waals surface area (Å²) < 4.78 is 26.8. The molecule has 0 spiro atoms. The predicted octanol–water partition coefficient (Wildman–Crippen LogP) is 3.17. The molecule has 0 unspecified atom stereocenters.